The molecule has 2 aromatic heterocycles. The number of aromatic nitrogens is 3. The second kappa shape index (κ2) is 10.3. The Morgan fingerprint density at radius 1 is 1.06 bits per heavy atom. The smallest absolute Gasteiger partial charge is 0.348 e. The number of thiazole rings is 1. The van der Waals surface area contributed by atoms with Crippen LogP contribution in [0.15, 0.2) is 45.5 Å². The van der Waals surface area contributed by atoms with E-state index in [1.165, 1.54) is 11.3 Å². The molecule has 5 rings (SSSR count). The van der Waals surface area contributed by atoms with Crippen LogP contribution in [0.4, 0.5) is 0 Å². The Hall–Kier alpha value is -2.00. The van der Waals surface area contributed by atoms with E-state index in [-0.39, 0.29) is 5.69 Å². The van der Waals surface area contributed by atoms with Gasteiger partial charge >= 0.3 is 5.69 Å². The Balaban J connectivity index is 1.25. The van der Waals surface area contributed by atoms with Gasteiger partial charge in [-0.15, -0.1) is 11.3 Å². The van der Waals surface area contributed by atoms with Crippen LogP contribution in [0.1, 0.15) is 29.8 Å². The maximum absolute atomic E-state index is 12.9. The van der Waals surface area contributed by atoms with Gasteiger partial charge in [-0.3, -0.25) is 9.47 Å². The molecule has 0 bridgehead atoms. The third kappa shape index (κ3) is 4.98. The summed E-state index contributed by atoms with van der Waals surface area (Å²) >= 11 is 3.32. The van der Waals surface area contributed by atoms with Gasteiger partial charge in [0.05, 0.1) is 18.9 Å². The summed E-state index contributed by atoms with van der Waals surface area (Å²) in [4.78, 5) is 24.6. The highest BCUT2D eigenvalue weighted by atomic mass is 32.2. The molecule has 0 atom stereocenters. The lowest BCUT2D eigenvalue weighted by Gasteiger charge is -2.26. The van der Waals surface area contributed by atoms with Gasteiger partial charge in [0.25, 0.3) is 0 Å². The summed E-state index contributed by atoms with van der Waals surface area (Å²) in [5.74, 6) is 0.739. The number of hydrogen-bond donors (Lipinski definition) is 0. The monoisotopic (exact) mass is 468 g/mol. The van der Waals surface area contributed by atoms with Crippen molar-refractivity contribution in [2.24, 2.45) is 0 Å². The molecule has 1 aliphatic carbocycles. The van der Waals surface area contributed by atoms with Gasteiger partial charge in [-0.1, -0.05) is 42.1 Å². The summed E-state index contributed by atoms with van der Waals surface area (Å²) in [6.07, 6.45) is 4.07. The van der Waals surface area contributed by atoms with E-state index in [4.69, 9.17) is 9.72 Å². The Kier molecular flexibility index (Phi) is 7.02. The summed E-state index contributed by atoms with van der Waals surface area (Å²) in [6.45, 7) is 5.37. The van der Waals surface area contributed by atoms with Crippen LogP contribution in [0.25, 0.3) is 10.6 Å². The molecule has 0 spiro atoms. The van der Waals surface area contributed by atoms with Crippen LogP contribution in [0.2, 0.25) is 0 Å². The van der Waals surface area contributed by atoms with Crippen molar-refractivity contribution in [3.8, 4) is 10.6 Å². The van der Waals surface area contributed by atoms with Crippen molar-refractivity contribution < 1.29 is 4.74 Å². The number of hydrogen-bond acceptors (Lipinski definition) is 7. The molecule has 1 aromatic carbocycles. The first-order valence-electron chi connectivity index (χ1n) is 11.3. The summed E-state index contributed by atoms with van der Waals surface area (Å²) in [5.41, 5.74) is 4.57. The normalized spacial score (nSPS) is 16.4. The van der Waals surface area contributed by atoms with E-state index in [1.54, 1.807) is 23.1 Å². The predicted molar refractivity (Wildman–Crippen MR) is 130 cm³/mol. The molecule has 0 N–H and O–H groups in total. The summed E-state index contributed by atoms with van der Waals surface area (Å²) in [5, 5.41) is 4.05. The highest BCUT2D eigenvalue weighted by Crippen LogP contribution is 2.32. The van der Waals surface area contributed by atoms with Crippen LogP contribution in [-0.2, 0) is 29.9 Å². The predicted octanol–water partition coefficient (Wildman–Crippen LogP) is 3.87. The second-order valence-electron chi connectivity index (χ2n) is 8.24. The lowest BCUT2D eigenvalue weighted by molar-refractivity contribution is 0.0368. The largest absolute Gasteiger partial charge is 0.379 e. The van der Waals surface area contributed by atoms with Crippen molar-refractivity contribution in [2.75, 3.05) is 32.8 Å². The van der Waals surface area contributed by atoms with Crippen molar-refractivity contribution in [2.45, 2.75) is 43.0 Å². The van der Waals surface area contributed by atoms with Crippen molar-refractivity contribution in [1.82, 2.24) is 19.4 Å². The van der Waals surface area contributed by atoms with Crippen LogP contribution in [0.5, 0.6) is 0 Å². The molecule has 0 amide bonds. The summed E-state index contributed by atoms with van der Waals surface area (Å²) < 4.78 is 7.36. The Bertz CT molecular complexity index is 1110. The van der Waals surface area contributed by atoms with Gasteiger partial charge in [-0.25, -0.2) is 9.78 Å². The van der Waals surface area contributed by atoms with Gasteiger partial charge in [0.2, 0.25) is 0 Å². The standard InChI is InChI=1S/C24H28N4O2S2/c29-24-26-23(32-17-19-16-31-22(25-19)18-6-2-1-3-7-18)20-8-4-9-21(20)28(24)11-5-10-27-12-14-30-15-13-27/h1-3,6-7,16H,4-5,8-15,17H2. The maximum atomic E-state index is 12.9. The third-order valence-electron chi connectivity index (χ3n) is 6.09. The van der Waals surface area contributed by atoms with E-state index in [0.717, 1.165) is 92.1 Å². The highest BCUT2D eigenvalue weighted by molar-refractivity contribution is 7.98. The molecule has 1 saturated heterocycles. The number of ether oxygens (including phenoxy) is 1. The summed E-state index contributed by atoms with van der Waals surface area (Å²) in [6, 6.07) is 10.3. The quantitative estimate of drug-likeness (QED) is 0.370. The van der Waals surface area contributed by atoms with E-state index in [2.05, 4.69) is 27.4 Å². The lowest BCUT2D eigenvalue weighted by Crippen LogP contribution is -2.37. The van der Waals surface area contributed by atoms with E-state index >= 15 is 0 Å². The first kappa shape index (κ1) is 21.8. The second-order valence-corrected chi connectivity index (χ2v) is 10.1. The molecule has 1 fully saturated rings. The van der Waals surface area contributed by atoms with E-state index in [9.17, 15) is 4.79 Å². The van der Waals surface area contributed by atoms with Gasteiger partial charge < -0.3 is 4.74 Å². The molecule has 3 aromatic rings. The first-order valence-corrected chi connectivity index (χ1v) is 13.2. The van der Waals surface area contributed by atoms with Gasteiger partial charge in [0.15, 0.2) is 0 Å². The minimum atomic E-state index is -0.0987. The minimum absolute atomic E-state index is 0.0987. The average Bonchev–Trinajstić information content (AvgIpc) is 3.51. The Labute approximate surface area is 196 Å². The molecule has 0 radical (unpaired) electrons. The maximum Gasteiger partial charge on any atom is 0.348 e. The van der Waals surface area contributed by atoms with Gasteiger partial charge in [0, 0.05) is 54.1 Å². The Morgan fingerprint density at radius 3 is 2.75 bits per heavy atom. The molecule has 32 heavy (non-hydrogen) atoms. The molecule has 2 aliphatic rings. The fourth-order valence-electron chi connectivity index (χ4n) is 4.44. The zero-order valence-corrected chi connectivity index (χ0v) is 19.8. The van der Waals surface area contributed by atoms with Gasteiger partial charge in [-0.2, -0.15) is 4.98 Å². The Morgan fingerprint density at radius 2 is 1.91 bits per heavy atom. The van der Waals surface area contributed by atoms with Crippen molar-refractivity contribution >= 4 is 23.1 Å². The number of fused-ring (bicyclic) bond motifs is 1. The van der Waals surface area contributed by atoms with Crippen molar-refractivity contribution in [1.29, 1.82) is 0 Å². The molecule has 3 heterocycles. The summed E-state index contributed by atoms with van der Waals surface area (Å²) in [7, 11) is 0. The zero-order chi connectivity index (χ0) is 21.8. The molecule has 0 saturated carbocycles. The number of thioether (sulfide) groups is 1. The molecule has 0 unspecified atom stereocenters. The lowest BCUT2D eigenvalue weighted by atomic mass is 10.2. The SMILES string of the molecule is O=c1nc(SCc2csc(-c3ccccc3)n2)c2c(n1CCCN1CCOCC1)CCC2. The number of rotatable bonds is 8. The van der Waals surface area contributed by atoms with Crippen LogP contribution in [0, 0.1) is 0 Å². The molecule has 6 nitrogen and oxygen atoms in total. The fraction of sp³-hybridized carbons (Fsp3) is 0.458. The van der Waals surface area contributed by atoms with Crippen molar-refractivity contribution in [3.63, 3.8) is 0 Å². The number of benzene rings is 1. The van der Waals surface area contributed by atoms with Gasteiger partial charge in [0.1, 0.15) is 10.0 Å². The van der Waals surface area contributed by atoms with E-state index in [0.29, 0.717) is 0 Å². The average molecular weight is 469 g/mol. The molecule has 1 aliphatic heterocycles. The van der Waals surface area contributed by atoms with E-state index < -0.39 is 0 Å². The molecular weight excluding hydrogens is 440 g/mol. The van der Waals surface area contributed by atoms with Gasteiger partial charge in [-0.05, 0) is 25.7 Å². The fourth-order valence-corrected chi connectivity index (χ4v) is 6.34. The zero-order valence-electron chi connectivity index (χ0n) is 18.2. The third-order valence-corrected chi connectivity index (χ3v) is 8.08. The van der Waals surface area contributed by atoms with Crippen LogP contribution in [0.3, 0.4) is 0 Å². The van der Waals surface area contributed by atoms with Crippen LogP contribution < -0.4 is 5.69 Å². The number of morpholine rings is 1. The topological polar surface area (TPSA) is 60.2 Å². The molecule has 8 heteroatoms. The highest BCUT2D eigenvalue weighted by Gasteiger charge is 2.22. The van der Waals surface area contributed by atoms with Crippen LogP contribution in [-0.4, -0.2) is 52.3 Å². The molecular formula is C24H28N4O2S2. The molecule has 168 valence electrons. The van der Waals surface area contributed by atoms with Crippen LogP contribution >= 0.6 is 23.1 Å². The first-order chi connectivity index (χ1) is 15.8. The number of nitrogens with zero attached hydrogens (tertiary/aromatic N) is 4. The van der Waals surface area contributed by atoms with Crippen molar-refractivity contribution in [3.05, 3.63) is 63.1 Å². The van der Waals surface area contributed by atoms with E-state index in [1.807, 2.05) is 22.8 Å². The minimum Gasteiger partial charge on any atom is -0.379 e.